The molecule has 2 N–H and O–H groups in total. The Hall–Kier alpha value is -3.79. The first kappa shape index (κ1) is 18.0. The Bertz CT molecular complexity index is 1010. The quantitative estimate of drug-likeness (QED) is 0.743. The molecule has 0 radical (unpaired) electrons. The molecule has 1 aromatic carbocycles. The van der Waals surface area contributed by atoms with Gasteiger partial charge in [-0.05, 0) is 30.3 Å². The first-order chi connectivity index (χ1) is 13.1. The third-order valence-corrected chi connectivity index (χ3v) is 4.13. The molecular formula is C20H18N4O3. The van der Waals surface area contributed by atoms with Gasteiger partial charge in [0.2, 0.25) is 5.75 Å². The van der Waals surface area contributed by atoms with Gasteiger partial charge in [-0.2, -0.15) is 5.26 Å². The molecule has 0 fully saturated rings. The lowest BCUT2D eigenvalue weighted by Gasteiger charge is -2.17. The van der Waals surface area contributed by atoms with Crippen molar-refractivity contribution in [3.8, 4) is 45.7 Å². The number of ether oxygens (including phenoxy) is 3. The van der Waals surface area contributed by atoms with Gasteiger partial charge >= 0.3 is 0 Å². The number of nitriles is 1. The highest BCUT2D eigenvalue weighted by molar-refractivity contribution is 5.85. The Morgan fingerprint density at radius 1 is 0.926 bits per heavy atom. The van der Waals surface area contributed by atoms with Crippen molar-refractivity contribution >= 4 is 5.82 Å². The number of anilines is 1. The Morgan fingerprint density at radius 3 is 2.22 bits per heavy atom. The highest BCUT2D eigenvalue weighted by Crippen LogP contribution is 2.46. The monoisotopic (exact) mass is 362 g/mol. The molecule has 0 aliphatic rings. The average molecular weight is 362 g/mol. The number of hydrogen-bond acceptors (Lipinski definition) is 7. The zero-order chi connectivity index (χ0) is 19.4. The lowest BCUT2D eigenvalue weighted by Crippen LogP contribution is -2.02. The molecule has 2 aromatic heterocycles. The summed E-state index contributed by atoms with van der Waals surface area (Å²) in [6, 6.07) is 11.1. The minimum absolute atomic E-state index is 0.138. The number of pyridine rings is 2. The van der Waals surface area contributed by atoms with Gasteiger partial charge in [0, 0.05) is 29.1 Å². The van der Waals surface area contributed by atoms with E-state index in [0.717, 1.165) is 5.56 Å². The summed E-state index contributed by atoms with van der Waals surface area (Å²) in [6.07, 6.45) is 3.34. The second kappa shape index (κ2) is 7.62. The highest BCUT2D eigenvalue weighted by atomic mass is 16.5. The third kappa shape index (κ3) is 3.20. The summed E-state index contributed by atoms with van der Waals surface area (Å²) in [6.45, 7) is 0. The van der Waals surface area contributed by atoms with Gasteiger partial charge in [-0.15, -0.1) is 0 Å². The lowest BCUT2D eigenvalue weighted by atomic mass is 9.97. The highest BCUT2D eigenvalue weighted by Gasteiger charge is 2.21. The van der Waals surface area contributed by atoms with Crippen molar-refractivity contribution < 1.29 is 14.2 Å². The van der Waals surface area contributed by atoms with Gasteiger partial charge in [-0.1, -0.05) is 0 Å². The molecule has 0 aliphatic carbocycles. The number of rotatable bonds is 5. The summed E-state index contributed by atoms with van der Waals surface area (Å²) in [5.41, 5.74) is 9.04. The van der Waals surface area contributed by atoms with E-state index in [0.29, 0.717) is 34.1 Å². The van der Waals surface area contributed by atoms with Crippen LogP contribution in [-0.4, -0.2) is 31.3 Å². The fourth-order valence-corrected chi connectivity index (χ4v) is 2.88. The van der Waals surface area contributed by atoms with Crippen LogP contribution in [0.5, 0.6) is 17.2 Å². The van der Waals surface area contributed by atoms with Crippen LogP contribution in [0.25, 0.3) is 22.4 Å². The summed E-state index contributed by atoms with van der Waals surface area (Å²) in [7, 11) is 4.60. The molecule has 0 unspecified atom stereocenters. The van der Waals surface area contributed by atoms with Gasteiger partial charge in [0.05, 0.1) is 27.0 Å². The van der Waals surface area contributed by atoms with E-state index in [1.807, 2.05) is 12.1 Å². The van der Waals surface area contributed by atoms with Crippen molar-refractivity contribution in [3.63, 3.8) is 0 Å². The Kier molecular flexibility index (Phi) is 5.08. The van der Waals surface area contributed by atoms with Gasteiger partial charge in [0.1, 0.15) is 17.5 Å². The number of nitrogens with two attached hydrogens (primary N) is 1. The maximum atomic E-state index is 9.64. The van der Waals surface area contributed by atoms with Crippen LogP contribution >= 0.6 is 0 Å². The first-order valence-electron chi connectivity index (χ1n) is 8.05. The van der Waals surface area contributed by atoms with Crippen LogP contribution in [0.1, 0.15) is 5.56 Å². The van der Waals surface area contributed by atoms with E-state index < -0.39 is 0 Å². The minimum Gasteiger partial charge on any atom is -0.493 e. The molecule has 0 saturated heterocycles. The lowest BCUT2D eigenvalue weighted by molar-refractivity contribution is 0.325. The number of methoxy groups -OCH3 is 3. The van der Waals surface area contributed by atoms with Gasteiger partial charge in [-0.25, -0.2) is 4.98 Å². The van der Waals surface area contributed by atoms with E-state index in [-0.39, 0.29) is 11.4 Å². The van der Waals surface area contributed by atoms with Crippen molar-refractivity contribution in [1.29, 1.82) is 5.26 Å². The molecule has 27 heavy (non-hydrogen) atoms. The molecule has 3 aromatic rings. The first-order valence-corrected chi connectivity index (χ1v) is 8.05. The summed E-state index contributed by atoms with van der Waals surface area (Å²) >= 11 is 0. The largest absolute Gasteiger partial charge is 0.493 e. The molecule has 0 bridgehead atoms. The second-order valence-electron chi connectivity index (χ2n) is 5.54. The van der Waals surface area contributed by atoms with E-state index >= 15 is 0 Å². The number of benzene rings is 1. The average Bonchev–Trinajstić information content (AvgIpc) is 2.72. The predicted octanol–water partition coefficient (Wildman–Crippen LogP) is 3.29. The fourth-order valence-electron chi connectivity index (χ4n) is 2.88. The van der Waals surface area contributed by atoms with Crippen LogP contribution in [0, 0.1) is 11.3 Å². The number of hydrogen-bond donors (Lipinski definition) is 1. The zero-order valence-corrected chi connectivity index (χ0v) is 15.2. The third-order valence-electron chi connectivity index (χ3n) is 4.13. The van der Waals surface area contributed by atoms with E-state index in [1.165, 1.54) is 14.2 Å². The molecule has 136 valence electrons. The molecule has 7 heteroatoms. The van der Waals surface area contributed by atoms with Gasteiger partial charge in [0.25, 0.3) is 0 Å². The molecule has 0 atom stereocenters. The Morgan fingerprint density at radius 2 is 1.63 bits per heavy atom. The number of nitrogen functional groups attached to an aromatic ring is 1. The van der Waals surface area contributed by atoms with E-state index in [2.05, 4.69) is 16.0 Å². The SMILES string of the molecule is COc1ccc(-c2cc(-c3ccncc3)nc(N)c2C#N)c(OC)c1OC. The van der Waals surface area contributed by atoms with Crippen LogP contribution in [0.4, 0.5) is 5.82 Å². The fraction of sp³-hybridized carbons (Fsp3) is 0.150. The molecule has 0 amide bonds. The standard InChI is InChI=1S/C20H18N4O3/c1-25-17-5-4-13(18(26-2)19(17)27-3)14-10-16(12-6-8-23-9-7-12)24-20(22)15(14)11-21/h4-10H,1-3H3,(H2,22,24). The van der Waals surface area contributed by atoms with Gasteiger partial charge < -0.3 is 19.9 Å². The van der Waals surface area contributed by atoms with Crippen molar-refractivity contribution in [2.45, 2.75) is 0 Å². The minimum atomic E-state index is 0.138. The predicted molar refractivity (Wildman–Crippen MR) is 102 cm³/mol. The molecule has 0 saturated carbocycles. The zero-order valence-electron chi connectivity index (χ0n) is 15.2. The van der Waals surface area contributed by atoms with Gasteiger partial charge in [-0.3, -0.25) is 4.98 Å². The normalized spacial score (nSPS) is 10.1. The maximum Gasteiger partial charge on any atom is 0.203 e. The number of aromatic nitrogens is 2. The topological polar surface area (TPSA) is 103 Å². The summed E-state index contributed by atoms with van der Waals surface area (Å²) < 4.78 is 16.3. The Labute approximate surface area is 157 Å². The summed E-state index contributed by atoms with van der Waals surface area (Å²) in [5.74, 6) is 1.54. The Balaban J connectivity index is 2.31. The van der Waals surface area contributed by atoms with Crippen LogP contribution in [0.2, 0.25) is 0 Å². The molecule has 2 heterocycles. The van der Waals surface area contributed by atoms with Crippen LogP contribution in [0.3, 0.4) is 0 Å². The van der Waals surface area contributed by atoms with Crippen LogP contribution < -0.4 is 19.9 Å². The molecule has 3 rings (SSSR count). The van der Waals surface area contributed by atoms with Crippen molar-refractivity contribution in [2.75, 3.05) is 27.1 Å². The second-order valence-corrected chi connectivity index (χ2v) is 5.54. The molecule has 0 spiro atoms. The smallest absolute Gasteiger partial charge is 0.203 e. The molecular weight excluding hydrogens is 344 g/mol. The molecule has 7 nitrogen and oxygen atoms in total. The van der Waals surface area contributed by atoms with Crippen LogP contribution in [-0.2, 0) is 0 Å². The van der Waals surface area contributed by atoms with Crippen molar-refractivity contribution in [3.05, 3.63) is 48.3 Å². The number of nitrogens with zero attached hydrogens (tertiary/aromatic N) is 3. The summed E-state index contributed by atoms with van der Waals surface area (Å²) in [4.78, 5) is 8.38. The van der Waals surface area contributed by atoms with Gasteiger partial charge in [0.15, 0.2) is 11.5 Å². The van der Waals surface area contributed by atoms with Crippen LogP contribution in [0.15, 0.2) is 42.7 Å². The van der Waals surface area contributed by atoms with E-state index in [9.17, 15) is 5.26 Å². The van der Waals surface area contributed by atoms with Crippen molar-refractivity contribution in [2.24, 2.45) is 0 Å². The maximum absolute atomic E-state index is 9.64. The summed E-state index contributed by atoms with van der Waals surface area (Å²) in [5, 5.41) is 9.64. The van der Waals surface area contributed by atoms with Crippen molar-refractivity contribution in [1.82, 2.24) is 9.97 Å². The molecule has 0 aliphatic heterocycles. The van der Waals surface area contributed by atoms with E-state index in [4.69, 9.17) is 19.9 Å². The van der Waals surface area contributed by atoms with E-state index in [1.54, 1.807) is 37.7 Å².